The summed E-state index contributed by atoms with van der Waals surface area (Å²) in [6.45, 7) is 7.91. The van der Waals surface area contributed by atoms with Crippen LogP contribution in [0.15, 0.2) is 0 Å². The molecule has 3 nitrogen and oxygen atoms in total. The van der Waals surface area contributed by atoms with Gasteiger partial charge in [0.1, 0.15) is 0 Å². The molecule has 0 aromatic rings. The molecule has 1 unspecified atom stereocenters. The van der Waals surface area contributed by atoms with Crippen LogP contribution in [-0.2, 0) is 9.47 Å². The fourth-order valence-electron chi connectivity index (χ4n) is 3.28. The van der Waals surface area contributed by atoms with Crippen molar-refractivity contribution in [3.8, 4) is 0 Å². The Labute approximate surface area is 112 Å². The van der Waals surface area contributed by atoms with Gasteiger partial charge in [-0.25, -0.2) is 0 Å². The van der Waals surface area contributed by atoms with Crippen LogP contribution in [0.25, 0.3) is 0 Å². The van der Waals surface area contributed by atoms with E-state index in [2.05, 4.69) is 20.8 Å². The first-order chi connectivity index (χ1) is 8.16. The molecule has 1 aliphatic heterocycles. The van der Waals surface area contributed by atoms with Crippen molar-refractivity contribution >= 4 is 0 Å². The Morgan fingerprint density at radius 2 is 1.89 bits per heavy atom. The summed E-state index contributed by atoms with van der Waals surface area (Å²) in [7, 11) is 0. The van der Waals surface area contributed by atoms with Crippen molar-refractivity contribution in [1.82, 2.24) is 0 Å². The second-order valence-electron chi connectivity index (χ2n) is 6.30. The molecule has 1 saturated heterocycles. The van der Waals surface area contributed by atoms with Gasteiger partial charge in [-0.3, -0.25) is 0 Å². The third-order valence-electron chi connectivity index (χ3n) is 4.43. The van der Waals surface area contributed by atoms with Crippen molar-refractivity contribution < 1.29 is 14.9 Å². The summed E-state index contributed by atoms with van der Waals surface area (Å²) in [6.07, 6.45) is 8.00. The van der Waals surface area contributed by atoms with Gasteiger partial charge in [-0.2, -0.15) is 0 Å². The lowest BCUT2D eigenvalue weighted by Gasteiger charge is -2.39. The van der Waals surface area contributed by atoms with Crippen molar-refractivity contribution in [1.29, 1.82) is 0 Å². The third kappa shape index (κ3) is 4.22. The highest BCUT2D eigenvalue weighted by molar-refractivity contribution is 4.81. The van der Waals surface area contributed by atoms with E-state index >= 15 is 0 Å². The molecule has 18 heavy (non-hydrogen) atoms. The fourth-order valence-corrected chi connectivity index (χ4v) is 3.28. The van der Waals surface area contributed by atoms with Crippen LogP contribution in [0.3, 0.4) is 0 Å². The van der Waals surface area contributed by atoms with Gasteiger partial charge in [0.05, 0.1) is 6.10 Å². The molecule has 0 spiro atoms. The maximum atomic E-state index is 6.25. The van der Waals surface area contributed by atoms with Gasteiger partial charge in [0.2, 0.25) is 0 Å². The second-order valence-corrected chi connectivity index (χ2v) is 6.30. The Hall–Kier alpha value is -0.120. The topological polar surface area (TPSA) is 50.0 Å². The fraction of sp³-hybridized carbons (Fsp3) is 1.00. The molecule has 108 valence electrons. The quantitative estimate of drug-likeness (QED) is 0.780. The molecule has 0 bridgehead atoms. The van der Waals surface area contributed by atoms with Crippen molar-refractivity contribution in [2.45, 2.75) is 71.7 Å². The molecule has 0 aromatic heterocycles. The summed E-state index contributed by atoms with van der Waals surface area (Å²) >= 11 is 0. The molecule has 1 saturated carbocycles. The Balaban J connectivity index is 0.00000162. The molecule has 2 fully saturated rings. The minimum Gasteiger partial charge on any atom is -0.412 e. The van der Waals surface area contributed by atoms with Crippen LogP contribution in [0.1, 0.15) is 59.3 Å². The van der Waals surface area contributed by atoms with Crippen LogP contribution < -0.4 is 0 Å². The highest BCUT2D eigenvalue weighted by Crippen LogP contribution is 2.36. The molecular weight excluding hydrogens is 228 g/mol. The Kier molecular flexibility index (Phi) is 6.61. The molecular formula is C15H30O3. The van der Waals surface area contributed by atoms with E-state index in [9.17, 15) is 0 Å². The molecule has 1 aliphatic carbocycles. The summed E-state index contributed by atoms with van der Waals surface area (Å²) in [4.78, 5) is 0. The van der Waals surface area contributed by atoms with E-state index in [-0.39, 0.29) is 11.8 Å². The molecule has 4 atom stereocenters. The summed E-state index contributed by atoms with van der Waals surface area (Å²) in [6, 6.07) is 0. The van der Waals surface area contributed by atoms with Crippen molar-refractivity contribution in [3.63, 3.8) is 0 Å². The zero-order valence-electron chi connectivity index (χ0n) is 12.2. The van der Waals surface area contributed by atoms with Crippen molar-refractivity contribution in [2.24, 2.45) is 17.8 Å². The normalized spacial score (nSPS) is 37.3. The molecule has 0 radical (unpaired) electrons. The van der Waals surface area contributed by atoms with Crippen LogP contribution in [0.2, 0.25) is 0 Å². The van der Waals surface area contributed by atoms with Crippen LogP contribution in [0.4, 0.5) is 0 Å². The van der Waals surface area contributed by atoms with E-state index in [0.29, 0.717) is 6.10 Å². The first-order valence-electron chi connectivity index (χ1n) is 7.44. The van der Waals surface area contributed by atoms with Gasteiger partial charge in [0, 0.05) is 6.61 Å². The molecule has 0 amide bonds. The second kappa shape index (κ2) is 7.46. The Morgan fingerprint density at radius 3 is 2.50 bits per heavy atom. The first-order valence-corrected chi connectivity index (χ1v) is 7.44. The molecule has 2 rings (SSSR count). The summed E-state index contributed by atoms with van der Waals surface area (Å²) in [5.41, 5.74) is 0. The number of ether oxygens (including phenoxy) is 2. The minimum absolute atomic E-state index is 0. The van der Waals surface area contributed by atoms with Gasteiger partial charge >= 0.3 is 0 Å². The zero-order chi connectivity index (χ0) is 12.3. The number of hydrogen-bond acceptors (Lipinski definition) is 2. The standard InChI is InChI=1S/C15H28O2.H2O/c1-11(2)13-8-7-12(3)10-14(13)17-15-6-4-5-9-16-15;/h11-15H,4-10H2,1-3H3;1H2/t12-,13+,14-,15?;/m1./s1. The first kappa shape index (κ1) is 15.9. The van der Waals surface area contributed by atoms with Crippen LogP contribution in [0.5, 0.6) is 0 Å². The average Bonchev–Trinajstić information content (AvgIpc) is 2.30. The number of rotatable bonds is 3. The lowest BCUT2D eigenvalue weighted by Crippen LogP contribution is -2.38. The van der Waals surface area contributed by atoms with E-state index in [1.807, 2.05) is 0 Å². The van der Waals surface area contributed by atoms with E-state index in [1.165, 1.54) is 32.1 Å². The molecule has 3 heteroatoms. The molecule has 2 N–H and O–H groups in total. The minimum atomic E-state index is 0. The average molecular weight is 258 g/mol. The van der Waals surface area contributed by atoms with Crippen LogP contribution >= 0.6 is 0 Å². The third-order valence-corrected chi connectivity index (χ3v) is 4.43. The predicted octanol–water partition coefficient (Wildman–Crippen LogP) is 3.17. The van der Waals surface area contributed by atoms with Crippen LogP contribution in [0, 0.1) is 17.8 Å². The van der Waals surface area contributed by atoms with Gasteiger partial charge in [-0.15, -0.1) is 0 Å². The summed E-state index contributed by atoms with van der Waals surface area (Å²) in [5.74, 6) is 2.28. The van der Waals surface area contributed by atoms with Gasteiger partial charge < -0.3 is 14.9 Å². The SMILES string of the molecule is CC(C)[C@@H]1CC[C@@H](C)C[C@H]1OC1CCCCO1.O. The lowest BCUT2D eigenvalue weighted by atomic mass is 9.75. The van der Waals surface area contributed by atoms with Gasteiger partial charge in [-0.05, 0) is 49.9 Å². The van der Waals surface area contributed by atoms with E-state index in [4.69, 9.17) is 9.47 Å². The molecule has 0 aromatic carbocycles. The molecule has 1 heterocycles. The lowest BCUT2D eigenvalue weighted by molar-refractivity contribution is -0.210. The van der Waals surface area contributed by atoms with E-state index in [0.717, 1.165) is 30.8 Å². The predicted molar refractivity (Wildman–Crippen MR) is 73.4 cm³/mol. The zero-order valence-corrected chi connectivity index (χ0v) is 12.2. The maximum absolute atomic E-state index is 6.25. The van der Waals surface area contributed by atoms with Gasteiger partial charge in [0.25, 0.3) is 0 Å². The number of hydrogen-bond donors (Lipinski definition) is 0. The highest BCUT2D eigenvalue weighted by Gasteiger charge is 2.33. The summed E-state index contributed by atoms with van der Waals surface area (Å²) in [5, 5.41) is 0. The Bertz CT molecular complexity index is 224. The van der Waals surface area contributed by atoms with Crippen LogP contribution in [-0.4, -0.2) is 24.5 Å². The van der Waals surface area contributed by atoms with Crippen molar-refractivity contribution in [3.05, 3.63) is 0 Å². The smallest absolute Gasteiger partial charge is 0.157 e. The van der Waals surface area contributed by atoms with Crippen molar-refractivity contribution in [2.75, 3.05) is 6.61 Å². The van der Waals surface area contributed by atoms with Gasteiger partial charge in [-0.1, -0.05) is 27.2 Å². The Morgan fingerprint density at radius 1 is 1.11 bits per heavy atom. The highest BCUT2D eigenvalue weighted by atomic mass is 16.7. The largest absolute Gasteiger partial charge is 0.412 e. The summed E-state index contributed by atoms with van der Waals surface area (Å²) < 4.78 is 12.0. The monoisotopic (exact) mass is 258 g/mol. The van der Waals surface area contributed by atoms with Gasteiger partial charge in [0.15, 0.2) is 6.29 Å². The molecule has 2 aliphatic rings. The van der Waals surface area contributed by atoms with E-state index in [1.54, 1.807) is 0 Å². The maximum Gasteiger partial charge on any atom is 0.157 e. The van der Waals surface area contributed by atoms with E-state index < -0.39 is 0 Å².